The van der Waals surface area contributed by atoms with Gasteiger partial charge in [0.25, 0.3) is 5.69 Å². The number of aromatic nitrogens is 2. The molecule has 1 aromatic carbocycles. The number of rotatable bonds is 6. The van der Waals surface area contributed by atoms with E-state index in [-0.39, 0.29) is 15.9 Å². The molecule has 21 heavy (non-hydrogen) atoms. The van der Waals surface area contributed by atoms with Gasteiger partial charge in [0, 0.05) is 23.4 Å². The van der Waals surface area contributed by atoms with Crippen molar-refractivity contribution in [3.63, 3.8) is 0 Å². The zero-order valence-electron chi connectivity index (χ0n) is 11.4. The molecule has 110 valence electrons. The Balaban J connectivity index is 1.67. The minimum atomic E-state index is -0.372. The summed E-state index contributed by atoms with van der Waals surface area (Å²) in [6, 6.07) is 7.29. The summed E-state index contributed by atoms with van der Waals surface area (Å²) in [5.74, 6) is 0. The van der Waals surface area contributed by atoms with Crippen LogP contribution in [0.15, 0.2) is 28.6 Å². The predicted octanol–water partition coefficient (Wildman–Crippen LogP) is 3.87. The highest BCUT2D eigenvalue weighted by molar-refractivity contribution is 8.01. The molecule has 1 fully saturated rings. The second kappa shape index (κ2) is 5.98. The normalized spacial score (nSPS) is 15.7. The largest absolute Gasteiger partial charge is 0.357 e. The smallest absolute Gasteiger partial charge is 0.269 e. The molecular formula is C13H14N4O2S2. The average molecular weight is 322 g/mol. The molecule has 1 N–H and O–H groups in total. The van der Waals surface area contributed by atoms with Gasteiger partial charge in [-0.25, -0.2) is 0 Å². The van der Waals surface area contributed by atoms with E-state index in [0.29, 0.717) is 6.04 Å². The topological polar surface area (TPSA) is 81.0 Å². The Bertz CT molecular complexity index is 657. The van der Waals surface area contributed by atoms with Crippen LogP contribution in [-0.4, -0.2) is 21.2 Å². The Kier molecular flexibility index (Phi) is 4.07. The molecule has 0 amide bonds. The van der Waals surface area contributed by atoms with Gasteiger partial charge in [0.15, 0.2) is 4.34 Å². The van der Waals surface area contributed by atoms with Crippen molar-refractivity contribution in [1.82, 2.24) is 10.2 Å². The summed E-state index contributed by atoms with van der Waals surface area (Å²) < 4.78 is 0.872. The number of non-ortho nitro benzene ring substituents is 1. The van der Waals surface area contributed by atoms with Gasteiger partial charge in [0.1, 0.15) is 0 Å². The molecule has 0 saturated heterocycles. The minimum absolute atomic E-state index is 0.0895. The number of nitro groups is 1. The van der Waals surface area contributed by atoms with Crippen molar-refractivity contribution in [2.75, 3.05) is 5.32 Å². The van der Waals surface area contributed by atoms with Crippen molar-refractivity contribution in [3.8, 4) is 0 Å². The number of nitrogens with zero attached hydrogens (tertiary/aromatic N) is 3. The molecule has 1 heterocycles. The summed E-state index contributed by atoms with van der Waals surface area (Å²) >= 11 is 3.10. The van der Waals surface area contributed by atoms with Crippen molar-refractivity contribution >= 4 is 33.9 Å². The van der Waals surface area contributed by atoms with E-state index in [2.05, 4.69) is 15.5 Å². The fourth-order valence-corrected chi connectivity index (χ4v) is 3.92. The number of thioether (sulfide) groups is 1. The van der Waals surface area contributed by atoms with Crippen LogP contribution >= 0.6 is 23.1 Å². The first-order chi connectivity index (χ1) is 10.1. The van der Waals surface area contributed by atoms with Gasteiger partial charge in [-0.05, 0) is 25.3 Å². The van der Waals surface area contributed by atoms with Crippen LogP contribution in [0.25, 0.3) is 0 Å². The zero-order valence-corrected chi connectivity index (χ0v) is 13.0. The van der Waals surface area contributed by atoms with Crippen LogP contribution in [0.1, 0.15) is 30.6 Å². The van der Waals surface area contributed by atoms with E-state index in [9.17, 15) is 10.1 Å². The summed E-state index contributed by atoms with van der Waals surface area (Å²) in [4.78, 5) is 10.4. The third-order valence-electron chi connectivity index (χ3n) is 3.14. The van der Waals surface area contributed by atoms with Crippen LogP contribution in [0.4, 0.5) is 10.8 Å². The molecule has 1 saturated carbocycles. The van der Waals surface area contributed by atoms with Gasteiger partial charge < -0.3 is 5.32 Å². The first-order valence-corrected chi connectivity index (χ1v) is 8.32. The molecule has 0 aliphatic heterocycles. The van der Waals surface area contributed by atoms with Crippen molar-refractivity contribution in [3.05, 3.63) is 39.9 Å². The Morgan fingerprint density at radius 1 is 1.48 bits per heavy atom. The highest BCUT2D eigenvalue weighted by Gasteiger charge is 2.23. The maximum Gasteiger partial charge on any atom is 0.269 e. The average Bonchev–Trinajstić information content (AvgIpc) is 3.18. The number of anilines is 1. The van der Waals surface area contributed by atoms with Crippen LogP contribution in [-0.2, 0) is 0 Å². The maximum atomic E-state index is 10.8. The highest BCUT2D eigenvalue weighted by Crippen LogP contribution is 2.38. The third-order valence-corrected chi connectivity index (χ3v) is 5.24. The van der Waals surface area contributed by atoms with Crippen LogP contribution in [0, 0.1) is 10.1 Å². The van der Waals surface area contributed by atoms with Crippen LogP contribution in [0.2, 0.25) is 0 Å². The number of benzene rings is 1. The second-order valence-electron chi connectivity index (χ2n) is 4.90. The summed E-state index contributed by atoms with van der Waals surface area (Å²) in [6.45, 7) is 2.01. The fraction of sp³-hybridized carbons (Fsp3) is 0.385. The van der Waals surface area contributed by atoms with Crippen LogP contribution < -0.4 is 5.32 Å². The van der Waals surface area contributed by atoms with Gasteiger partial charge in [-0.1, -0.05) is 35.2 Å². The van der Waals surface area contributed by atoms with Gasteiger partial charge in [-0.3, -0.25) is 10.1 Å². The number of hydrogen-bond donors (Lipinski definition) is 1. The Morgan fingerprint density at radius 3 is 3.00 bits per heavy atom. The maximum absolute atomic E-state index is 10.8. The van der Waals surface area contributed by atoms with E-state index < -0.39 is 0 Å². The van der Waals surface area contributed by atoms with Crippen molar-refractivity contribution in [2.45, 2.75) is 35.4 Å². The SMILES string of the molecule is C[C@H](Sc1nnc(NC2CC2)s1)c1cccc([N+](=O)[O-])c1. The fourth-order valence-electron chi connectivity index (χ4n) is 1.83. The van der Waals surface area contributed by atoms with Crippen molar-refractivity contribution < 1.29 is 4.92 Å². The van der Waals surface area contributed by atoms with Gasteiger partial charge >= 0.3 is 0 Å². The summed E-state index contributed by atoms with van der Waals surface area (Å²) in [6.07, 6.45) is 2.40. The third kappa shape index (κ3) is 3.70. The lowest BCUT2D eigenvalue weighted by atomic mass is 10.1. The van der Waals surface area contributed by atoms with Crippen molar-refractivity contribution in [2.24, 2.45) is 0 Å². The minimum Gasteiger partial charge on any atom is -0.357 e. The zero-order chi connectivity index (χ0) is 14.8. The molecule has 3 rings (SSSR count). The second-order valence-corrected chi connectivity index (χ2v) is 7.47. The summed E-state index contributed by atoms with van der Waals surface area (Å²) in [5, 5.41) is 23.3. The van der Waals surface area contributed by atoms with Gasteiger partial charge in [0.05, 0.1) is 4.92 Å². The first kappa shape index (κ1) is 14.3. The summed E-state index contributed by atoms with van der Waals surface area (Å²) in [7, 11) is 0. The number of nitro benzene ring substituents is 1. The predicted molar refractivity (Wildman–Crippen MR) is 83.9 cm³/mol. The molecule has 0 bridgehead atoms. The lowest BCUT2D eigenvalue weighted by Crippen LogP contribution is -1.99. The van der Waals surface area contributed by atoms with Gasteiger partial charge in [0.2, 0.25) is 5.13 Å². The lowest BCUT2D eigenvalue weighted by Gasteiger charge is -2.08. The van der Waals surface area contributed by atoms with Crippen LogP contribution in [0.5, 0.6) is 0 Å². The molecule has 0 radical (unpaired) electrons. The Hall–Kier alpha value is -1.67. The van der Waals surface area contributed by atoms with Crippen molar-refractivity contribution in [1.29, 1.82) is 0 Å². The molecule has 1 aliphatic rings. The number of nitrogens with one attached hydrogen (secondary N) is 1. The molecule has 1 aliphatic carbocycles. The molecule has 6 nitrogen and oxygen atoms in total. The van der Waals surface area contributed by atoms with Gasteiger partial charge in [-0.15, -0.1) is 10.2 Å². The molecule has 0 unspecified atom stereocenters. The number of hydrogen-bond acceptors (Lipinski definition) is 7. The van der Waals surface area contributed by atoms with E-state index >= 15 is 0 Å². The monoisotopic (exact) mass is 322 g/mol. The highest BCUT2D eigenvalue weighted by atomic mass is 32.2. The standard InChI is InChI=1S/C13H14N4O2S2/c1-8(9-3-2-4-11(7-9)17(18)19)20-13-16-15-12(21-13)14-10-5-6-10/h2-4,7-8,10H,5-6H2,1H3,(H,14,15)/t8-/m0/s1. The molecule has 0 spiro atoms. The van der Waals surface area contributed by atoms with E-state index in [1.54, 1.807) is 23.9 Å². The molecule has 1 atom stereocenters. The Morgan fingerprint density at radius 2 is 2.29 bits per heavy atom. The lowest BCUT2D eigenvalue weighted by molar-refractivity contribution is -0.384. The van der Waals surface area contributed by atoms with Gasteiger partial charge in [-0.2, -0.15) is 0 Å². The molecule has 8 heteroatoms. The first-order valence-electron chi connectivity index (χ1n) is 6.63. The van der Waals surface area contributed by atoms with E-state index in [0.717, 1.165) is 15.0 Å². The summed E-state index contributed by atoms with van der Waals surface area (Å²) in [5.41, 5.74) is 1.04. The van der Waals surface area contributed by atoms with E-state index in [1.165, 1.54) is 30.2 Å². The molecule has 1 aromatic heterocycles. The van der Waals surface area contributed by atoms with E-state index in [4.69, 9.17) is 0 Å². The van der Waals surface area contributed by atoms with E-state index in [1.807, 2.05) is 13.0 Å². The molecule has 2 aromatic rings. The molecular weight excluding hydrogens is 308 g/mol. The quantitative estimate of drug-likeness (QED) is 0.494. The Labute approximate surface area is 130 Å². The van der Waals surface area contributed by atoms with Crippen LogP contribution in [0.3, 0.4) is 0 Å².